The highest BCUT2D eigenvalue weighted by molar-refractivity contribution is 5.36. The van der Waals surface area contributed by atoms with Crippen LogP contribution in [0.25, 0.3) is 0 Å². The second kappa shape index (κ2) is 6.53. The fourth-order valence-corrected chi connectivity index (χ4v) is 2.99. The van der Waals surface area contributed by atoms with Gasteiger partial charge in [0.25, 0.3) is 0 Å². The summed E-state index contributed by atoms with van der Waals surface area (Å²) in [6.07, 6.45) is 2.56. The molecule has 0 atom stereocenters. The zero-order chi connectivity index (χ0) is 13.8. The zero-order valence-corrected chi connectivity index (χ0v) is 12.9. The van der Waals surface area contributed by atoms with Crippen LogP contribution in [0.1, 0.15) is 55.2 Å². The van der Waals surface area contributed by atoms with Gasteiger partial charge in [0.2, 0.25) is 0 Å². The molecule has 1 saturated heterocycles. The molecule has 1 heterocycles. The van der Waals surface area contributed by atoms with Crippen LogP contribution in [0.15, 0.2) is 18.2 Å². The summed E-state index contributed by atoms with van der Waals surface area (Å²) in [6.45, 7) is 7.94. The molecule has 1 aromatic carbocycles. The maximum absolute atomic E-state index is 3.46. The highest BCUT2D eigenvalue weighted by Crippen LogP contribution is 2.30. The van der Waals surface area contributed by atoms with Gasteiger partial charge in [0, 0.05) is 6.54 Å². The van der Waals surface area contributed by atoms with Crippen LogP contribution in [0.4, 0.5) is 0 Å². The van der Waals surface area contributed by atoms with Crippen molar-refractivity contribution in [2.24, 2.45) is 0 Å². The quantitative estimate of drug-likeness (QED) is 0.893. The van der Waals surface area contributed by atoms with Crippen LogP contribution in [0.5, 0.6) is 0 Å². The standard InChI is InChI=1S/C17H28N2/c1-13(2)15-5-6-17(14-7-9-18-10-8-14)16(11-15)12-19(3)4/h5-6,11,13-14,18H,7-10,12H2,1-4H3. The first-order chi connectivity index (χ1) is 9.08. The molecule has 0 radical (unpaired) electrons. The SMILES string of the molecule is CC(C)c1ccc(C2CCNCC2)c(CN(C)C)c1. The second-order valence-electron chi connectivity index (χ2n) is 6.38. The number of nitrogens with one attached hydrogen (secondary N) is 1. The molecule has 1 aromatic rings. The van der Waals surface area contributed by atoms with Gasteiger partial charge in [-0.05, 0) is 68.6 Å². The van der Waals surface area contributed by atoms with Crippen LogP contribution >= 0.6 is 0 Å². The van der Waals surface area contributed by atoms with E-state index in [9.17, 15) is 0 Å². The molecule has 2 rings (SSSR count). The van der Waals surface area contributed by atoms with E-state index in [0.29, 0.717) is 5.92 Å². The van der Waals surface area contributed by atoms with Crippen molar-refractivity contribution >= 4 is 0 Å². The van der Waals surface area contributed by atoms with Gasteiger partial charge in [-0.15, -0.1) is 0 Å². The topological polar surface area (TPSA) is 15.3 Å². The Morgan fingerprint density at radius 2 is 1.89 bits per heavy atom. The fourth-order valence-electron chi connectivity index (χ4n) is 2.99. The van der Waals surface area contributed by atoms with Crippen molar-refractivity contribution in [3.8, 4) is 0 Å². The molecule has 1 fully saturated rings. The molecule has 106 valence electrons. The van der Waals surface area contributed by atoms with E-state index in [1.807, 2.05) is 0 Å². The van der Waals surface area contributed by atoms with E-state index in [1.54, 1.807) is 5.56 Å². The largest absolute Gasteiger partial charge is 0.317 e. The van der Waals surface area contributed by atoms with E-state index in [4.69, 9.17) is 0 Å². The third-order valence-electron chi connectivity index (χ3n) is 4.10. The van der Waals surface area contributed by atoms with Crippen LogP contribution in [0, 0.1) is 0 Å². The summed E-state index contributed by atoms with van der Waals surface area (Å²) in [4.78, 5) is 2.28. The first-order valence-corrected chi connectivity index (χ1v) is 7.56. The minimum absolute atomic E-state index is 0.614. The summed E-state index contributed by atoms with van der Waals surface area (Å²) in [5.41, 5.74) is 4.58. The average molecular weight is 260 g/mol. The highest BCUT2D eigenvalue weighted by Gasteiger charge is 2.19. The number of nitrogens with zero attached hydrogens (tertiary/aromatic N) is 1. The van der Waals surface area contributed by atoms with Crippen molar-refractivity contribution in [1.82, 2.24) is 10.2 Å². The minimum Gasteiger partial charge on any atom is -0.317 e. The van der Waals surface area contributed by atoms with E-state index in [1.165, 1.54) is 24.0 Å². The maximum atomic E-state index is 3.46. The molecule has 2 nitrogen and oxygen atoms in total. The lowest BCUT2D eigenvalue weighted by Gasteiger charge is -2.27. The second-order valence-corrected chi connectivity index (χ2v) is 6.38. The maximum Gasteiger partial charge on any atom is 0.0230 e. The van der Waals surface area contributed by atoms with Gasteiger partial charge < -0.3 is 10.2 Å². The van der Waals surface area contributed by atoms with E-state index < -0.39 is 0 Å². The first-order valence-electron chi connectivity index (χ1n) is 7.56. The Labute approximate surface area is 118 Å². The molecule has 0 aliphatic carbocycles. The van der Waals surface area contributed by atoms with Crippen LogP contribution in [-0.2, 0) is 6.54 Å². The molecule has 0 bridgehead atoms. The monoisotopic (exact) mass is 260 g/mol. The van der Waals surface area contributed by atoms with Crippen molar-refractivity contribution in [2.45, 2.75) is 45.1 Å². The Morgan fingerprint density at radius 1 is 1.21 bits per heavy atom. The van der Waals surface area contributed by atoms with E-state index in [0.717, 1.165) is 25.6 Å². The molecule has 0 amide bonds. The lowest BCUT2D eigenvalue weighted by atomic mass is 9.85. The number of piperidine rings is 1. The third-order valence-corrected chi connectivity index (χ3v) is 4.10. The van der Waals surface area contributed by atoms with Gasteiger partial charge in [-0.3, -0.25) is 0 Å². The molecule has 0 spiro atoms. The normalized spacial score (nSPS) is 17.4. The van der Waals surface area contributed by atoms with Gasteiger partial charge >= 0.3 is 0 Å². The van der Waals surface area contributed by atoms with Gasteiger partial charge in [-0.2, -0.15) is 0 Å². The molecule has 1 aliphatic rings. The smallest absolute Gasteiger partial charge is 0.0230 e. The Morgan fingerprint density at radius 3 is 2.47 bits per heavy atom. The molecule has 0 saturated carbocycles. The summed E-state index contributed by atoms with van der Waals surface area (Å²) in [5.74, 6) is 1.36. The Hall–Kier alpha value is -0.860. The highest BCUT2D eigenvalue weighted by atomic mass is 15.0. The Kier molecular flexibility index (Phi) is 5.00. The first kappa shape index (κ1) is 14.5. The fraction of sp³-hybridized carbons (Fsp3) is 0.647. The zero-order valence-electron chi connectivity index (χ0n) is 12.9. The molecule has 0 unspecified atom stereocenters. The lowest BCUT2D eigenvalue weighted by Crippen LogP contribution is -2.27. The number of hydrogen-bond acceptors (Lipinski definition) is 2. The Bertz CT molecular complexity index is 404. The summed E-state index contributed by atoms with van der Waals surface area (Å²) < 4.78 is 0. The predicted molar refractivity (Wildman–Crippen MR) is 82.8 cm³/mol. The summed E-state index contributed by atoms with van der Waals surface area (Å²) in [5, 5.41) is 3.46. The summed E-state index contributed by atoms with van der Waals surface area (Å²) >= 11 is 0. The molecule has 1 aliphatic heterocycles. The van der Waals surface area contributed by atoms with Crippen molar-refractivity contribution in [3.05, 3.63) is 34.9 Å². The molecule has 0 aromatic heterocycles. The Balaban J connectivity index is 2.29. The predicted octanol–water partition coefficient (Wildman–Crippen LogP) is 3.34. The van der Waals surface area contributed by atoms with Crippen molar-refractivity contribution < 1.29 is 0 Å². The van der Waals surface area contributed by atoms with Gasteiger partial charge in [0.1, 0.15) is 0 Å². The van der Waals surface area contributed by atoms with Gasteiger partial charge in [0.15, 0.2) is 0 Å². The third kappa shape index (κ3) is 3.80. The number of benzene rings is 1. The van der Waals surface area contributed by atoms with Crippen molar-refractivity contribution in [1.29, 1.82) is 0 Å². The lowest BCUT2D eigenvalue weighted by molar-refractivity contribution is 0.394. The van der Waals surface area contributed by atoms with Crippen molar-refractivity contribution in [3.63, 3.8) is 0 Å². The van der Waals surface area contributed by atoms with E-state index >= 15 is 0 Å². The van der Waals surface area contributed by atoms with Crippen LogP contribution in [0.3, 0.4) is 0 Å². The molecular formula is C17H28N2. The van der Waals surface area contributed by atoms with E-state index in [-0.39, 0.29) is 0 Å². The molecule has 2 heteroatoms. The summed E-state index contributed by atoms with van der Waals surface area (Å²) in [6, 6.07) is 7.16. The van der Waals surface area contributed by atoms with Crippen LogP contribution in [-0.4, -0.2) is 32.1 Å². The van der Waals surface area contributed by atoms with Gasteiger partial charge in [-0.1, -0.05) is 32.0 Å². The molecule has 19 heavy (non-hydrogen) atoms. The molecule has 1 N–H and O–H groups in total. The average Bonchev–Trinajstić information content (AvgIpc) is 2.39. The van der Waals surface area contributed by atoms with E-state index in [2.05, 4.69) is 56.4 Å². The van der Waals surface area contributed by atoms with Crippen LogP contribution in [0.2, 0.25) is 0 Å². The number of hydrogen-bond donors (Lipinski definition) is 1. The van der Waals surface area contributed by atoms with Gasteiger partial charge in [0.05, 0.1) is 0 Å². The minimum atomic E-state index is 0.614. The number of rotatable bonds is 4. The summed E-state index contributed by atoms with van der Waals surface area (Å²) in [7, 11) is 4.32. The van der Waals surface area contributed by atoms with Crippen molar-refractivity contribution in [2.75, 3.05) is 27.2 Å². The van der Waals surface area contributed by atoms with Crippen LogP contribution < -0.4 is 5.32 Å². The van der Waals surface area contributed by atoms with Gasteiger partial charge in [-0.25, -0.2) is 0 Å². The molecular weight excluding hydrogens is 232 g/mol.